The summed E-state index contributed by atoms with van der Waals surface area (Å²) in [6.45, 7) is 0.390. The quantitative estimate of drug-likeness (QED) is 0.676. The smallest absolute Gasteiger partial charge is 0.417 e. The molecule has 130 valence electrons. The van der Waals surface area contributed by atoms with Gasteiger partial charge in [-0.3, -0.25) is 4.98 Å². The van der Waals surface area contributed by atoms with Crippen molar-refractivity contribution in [1.29, 1.82) is 0 Å². The first-order valence-corrected chi connectivity index (χ1v) is 7.41. The van der Waals surface area contributed by atoms with Crippen molar-refractivity contribution in [2.45, 2.75) is 19.2 Å². The molecule has 4 nitrogen and oxygen atoms in total. The zero-order chi connectivity index (χ0) is 18.1. The number of alkyl halides is 3. The average Bonchev–Trinajstić information content (AvgIpc) is 2.60. The molecule has 1 aromatic heterocycles. The minimum atomic E-state index is -4.45. The molecule has 0 unspecified atom stereocenters. The summed E-state index contributed by atoms with van der Waals surface area (Å²) in [5.41, 5.74) is 0.192. The van der Waals surface area contributed by atoms with Gasteiger partial charge in [-0.1, -0.05) is 42.2 Å². The summed E-state index contributed by atoms with van der Waals surface area (Å²) in [5, 5.41) is 2.52. The Morgan fingerprint density at radius 2 is 1.96 bits per heavy atom. The van der Waals surface area contributed by atoms with Crippen LogP contribution < -0.4 is 5.32 Å². The SMILES string of the molecule is O=C(NCCC#Cc1cncc(C(F)(F)F)c1)OCc1ccccc1. The molecule has 0 radical (unpaired) electrons. The van der Waals surface area contributed by atoms with E-state index in [0.29, 0.717) is 0 Å². The standard InChI is InChI=1S/C18H15F3N2O2/c19-18(20,21)16-10-15(11-22-12-16)8-4-5-9-23-17(24)25-13-14-6-2-1-3-7-14/h1-3,6-7,10-12H,5,9,13H2,(H,23,24). The minimum Gasteiger partial charge on any atom is -0.445 e. The maximum absolute atomic E-state index is 12.5. The second kappa shape index (κ2) is 8.73. The number of halogens is 3. The minimum absolute atomic E-state index is 0.161. The Balaban J connectivity index is 1.73. The number of amides is 1. The van der Waals surface area contributed by atoms with E-state index in [2.05, 4.69) is 22.1 Å². The van der Waals surface area contributed by atoms with Crippen LogP contribution in [-0.4, -0.2) is 17.6 Å². The summed E-state index contributed by atoms with van der Waals surface area (Å²) in [6, 6.07) is 10.1. The molecule has 0 saturated heterocycles. The van der Waals surface area contributed by atoms with Gasteiger partial charge in [0, 0.05) is 30.9 Å². The lowest BCUT2D eigenvalue weighted by atomic mass is 10.2. The number of hydrogen-bond donors (Lipinski definition) is 1. The fourth-order valence-electron chi connectivity index (χ4n) is 1.83. The molecule has 0 atom stereocenters. The van der Waals surface area contributed by atoms with E-state index in [9.17, 15) is 18.0 Å². The van der Waals surface area contributed by atoms with E-state index in [1.807, 2.05) is 30.3 Å². The van der Waals surface area contributed by atoms with Crippen LogP contribution in [-0.2, 0) is 17.5 Å². The second-order valence-electron chi connectivity index (χ2n) is 5.00. The summed E-state index contributed by atoms with van der Waals surface area (Å²) in [5.74, 6) is 5.27. The molecule has 1 aromatic carbocycles. The summed E-state index contributed by atoms with van der Waals surface area (Å²) in [4.78, 5) is 15.0. The maximum atomic E-state index is 12.5. The van der Waals surface area contributed by atoms with Crippen molar-refractivity contribution in [1.82, 2.24) is 10.3 Å². The highest BCUT2D eigenvalue weighted by molar-refractivity contribution is 5.67. The number of nitrogens with zero attached hydrogens (tertiary/aromatic N) is 1. The van der Waals surface area contributed by atoms with Crippen LogP contribution in [0.5, 0.6) is 0 Å². The number of aromatic nitrogens is 1. The van der Waals surface area contributed by atoms with Gasteiger partial charge in [-0.25, -0.2) is 4.79 Å². The number of nitrogens with one attached hydrogen (secondary N) is 1. The molecule has 0 fully saturated rings. The lowest BCUT2D eigenvalue weighted by molar-refractivity contribution is -0.137. The Labute approximate surface area is 143 Å². The normalized spacial score (nSPS) is 10.5. The number of hydrogen-bond acceptors (Lipinski definition) is 3. The van der Waals surface area contributed by atoms with Crippen molar-refractivity contribution in [3.8, 4) is 11.8 Å². The molecule has 0 spiro atoms. The largest absolute Gasteiger partial charge is 0.445 e. The van der Waals surface area contributed by atoms with Crippen molar-refractivity contribution in [2.24, 2.45) is 0 Å². The number of benzene rings is 1. The topological polar surface area (TPSA) is 51.2 Å². The summed E-state index contributed by atoms with van der Waals surface area (Å²) in [7, 11) is 0. The highest BCUT2D eigenvalue weighted by Crippen LogP contribution is 2.28. The Hall–Kier alpha value is -3.01. The Bertz CT molecular complexity index is 765. The van der Waals surface area contributed by atoms with Gasteiger partial charge in [-0.15, -0.1) is 0 Å². The molecule has 1 N–H and O–H groups in total. The van der Waals surface area contributed by atoms with Gasteiger partial charge in [0.15, 0.2) is 0 Å². The molecular formula is C18H15F3N2O2. The number of carbonyl (C=O) groups is 1. The average molecular weight is 348 g/mol. The number of ether oxygens (including phenoxy) is 1. The molecule has 0 aliphatic heterocycles. The van der Waals surface area contributed by atoms with Crippen LogP contribution >= 0.6 is 0 Å². The van der Waals surface area contributed by atoms with Crippen molar-refractivity contribution < 1.29 is 22.7 Å². The fourth-order valence-corrected chi connectivity index (χ4v) is 1.83. The van der Waals surface area contributed by atoms with Gasteiger partial charge in [-0.2, -0.15) is 13.2 Å². The van der Waals surface area contributed by atoms with E-state index < -0.39 is 17.8 Å². The van der Waals surface area contributed by atoms with Crippen LogP contribution in [0.15, 0.2) is 48.8 Å². The molecule has 7 heteroatoms. The van der Waals surface area contributed by atoms with E-state index in [-0.39, 0.29) is 25.1 Å². The highest BCUT2D eigenvalue weighted by atomic mass is 19.4. The van der Waals surface area contributed by atoms with Crippen LogP contribution in [0.1, 0.15) is 23.1 Å². The van der Waals surface area contributed by atoms with Gasteiger partial charge in [0.25, 0.3) is 0 Å². The van der Waals surface area contributed by atoms with Crippen molar-refractivity contribution in [2.75, 3.05) is 6.54 Å². The van der Waals surface area contributed by atoms with Crippen LogP contribution in [0.2, 0.25) is 0 Å². The first kappa shape index (κ1) is 18.3. The van der Waals surface area contributed by atoms with Crippen molar-refractivity contribution >= 4 is 6.09 Å². The fraction of sp³-hybridized carbons (Fsp3) is 0.222. The van der Waals surface area contributed by atoms with Gasteiger partial charge in [-0.05, 0) is 11.6 Å². The third-order valence-electron chi connectivity index (χ3n) is 3.03. The molecule has 1 amide bonds. The number of rotatable bonds is 4. The third kappa shape index (κ3) is 6.55. The predicted molar refractivity (Wildman–Crippen MR) is 85.4 cm³/mol. The van der Waals surface area contributed by atoms with Gasteiger partial charge in [0.2, 0.25) is 0 Å². The van der Waals surface area contributed by atoms with Crippen molar-refractivity contribution in [3.05, 3.63) is 65.5 Å². The molecule has 2 rings (SSSR count). The zero-order valence-electron chi connectivity index (χ0n) is 13.1. The van der Waals surface area contributed by atoms with Gasteiger partial charge < -0.3 is 10.1 Å². The Kier molecular flexibility index (Phi) is 6.40. The molecule has 0 aliphatic rings. The summed E-state index contributed by atoms with van der Waals surface area (Å²) >= 11 is 0. The molecule has 25 heavy (non-hydrogen) atoms. The number of pyridine rings is 1. The molecule has 0 saturated carbocycles. The van der Waals surface area contributed by atoms with Crippen LogP contribution in [0.3, 0.4) is 0 Å². The summed E-state index contributed by atoms with van der Waals surface area (Å²) < 4.78 is 42.6. The third-order valence-corrected chi connectivity index (χ3v) is 3.03. The van der Waals surface area contributed by atoms with Crippen LogP contribution in [0, 0.1) is 11.8 Å². The lowest BCUT2D eigenvalue weighted by Crippen LogP contribution is -2.24. The van der Waals surface area contributed by atoms with Gasteiger partial charge in [0.05, 0.1) is 5.56 Å². The molecule has 0 aliphatic carbocycles. The maximum Gasteiger partial charge on any atom is 0.417 e. The van der Waals surface area contributed by atoms with E-state index in [0.717, 1.165) is 17.8 Å². The number of carbonyl (C=O) groups excluding carboxylic acids is 1. The molecule has 0 bridgehead atoms. The van der Waals surface area contributed by atoms with Crippen LogP contribution in [0.25, 0.3) is 0 Å². The van der Waals surface area contributed by atoms with E-state index in [4.69, 9.17) is 4.74 Å². The second-order valence-corrected chi connectivity index (χ2v) is 5.00. The van der Waals surface area contributed by atoms with E-state index in [1.165, 1.54) is 6.20 Å². The first-order chi connectivity index (χ1) is 11.9. The van der Waals surface area contributed by atoms with Gasteiger partial charge in [0.1, 0.15) is 6.61 Å². The predicted octanol–water partition coefficient (Wildman–Crippen LogP) is 3.77. The molecule has 1 heterocycles. The number of alkyl carbamates (subject to hydrolysis) is 1. The van der Waals surface area contributed by atoms with Gasteiger partial charge >= 0.3 is 12.3 Å². The highest BCUT2D eigenvalue weighted by Gasteiger charge is 2.30. The van der Waals surface area contributed by atoms with Crippen LogP contribution in [0.4, 0.5) is 18.0 Å². The molecular weight excluding hydrogens is 333 g/mol. The lowest BCUT2D eigenvalue weighted by Gasteiger charge is -2.05. The Morgan fingerprint density at radius 3 is 2.68 bits per heavy atom. The van der Waals surface area contributed by atoms with E-state index in [1.54, 1.807) is 0 Å². The summed E-state index contributed by atoms with van der Waals surface area (Å²) in [6.07, 6.45) is -2.75. The van der Waals surface area contributed by atoms with E-state index >= 15 is 0 Å². The van der Waals surface area contributed by atoms with Crippen molar-refractivity contribution in [3.63, 3.8) is 0 Å². The first-order valence-electron chi connectivity index (χ1n) is 7.41. The monoisotopic (exact) mass is 348 g/mol. The Morgan fingerprint density at radius 1 is 1.20 bits per heavy atom. The molecule has 2 aromatic rings. The zero-order valence-corrected chi connectivity index (χ0v) is 13.1.